The molecule has 4 rings (SSSR count). The number of thioether (sulfide) groups is 1. The molecule has 0 aliphatic carbocycles. The Bertz CT molecular complexity index is 1010. The molecule has 2 heterocycles. The highest BCUT2D eigenvalue weighted by molar-refractivity contribution is 8.02. The Kier molecular flexibility index (Phi) is 4.67. The van der Waals surface area contributed by atoms with E-state index in [2.05, 4.69) is 10.3 Å². The van der Waals surface area contributed by atoms with Crippen LogP contribution in [0.15, 0.2) is 52.9 Å². The van der Waals surface area contributed by atoms with Gasteiger partial charge in [-0.25, -0.2) is 9.88 Å². The van der Waals surface area contributed by atoms with Crippen LogP contribution in [0.2, 0.25) is 0 Å². The number of hydrogen-bond donors (Lipinski definition) is 1. The van der Waals surface area contributed by atoms with E-state index in [4.69, 9.17) is 0 Å². The van der Waals surface area contributed by atoms with Crippen LogP contribution in [0.25, 0.3) is 10.2 Å². The van der Waals surface area contributed by atoms with Crippen LogP contribution in [0, 0.1) is 0 Å². The first kappa shape index (κ1) is 17.7. The lowest BCUT2D eigenvalue weighted by atomic mass is 10.2. The smallest absolute Gasteiger partial charge is 0.247 e. The summed E-state index contributed by atoms with van der Waals surface area (Å²) in [6, 6.07) is 14.5. The van der Waals surface area contributed by atoms with Crippen molar-refractivity contribution < 1.29 is 14.4 Å². The molecule has 136 valence electrons. The van der Waals surface area contributed by atoms with Crippen LogP contribution in [-0.2, 0) is 14.4 Å². The zero-order chi connectivity index (χ0) is 19.0. The average Bonchev–Trinajstić information content (AvgIpc) is 3.16. The molecule has 0 saturated carbocycles. The van der Waals surface area contributed by atoms with Crippen molar-refractivity contribution in [3.8, 4) is 0 Å². The SMILES string of the molecule is CC(=O)Nc1ccc(N2C(=O)C[C@H](Sc3nc4ccccc4s3)C2=O)cc1. The van der Waals surface area contributed by atoms with E-state index in [-0.39, 0.29) is 24.1 Å². The predicted octanol–water partition coefficient (Wildman–Crippen LogP) is 3.68. The van der Waals surface area contributed by atoms with Crippen molar-refractivity contribution in [3.05, 3.63) is 48.5 Å². The molecule has 8 heteroatoms. The van der Waals surface area contributed by atoms with Crippen molar-refractivity contribution in [1.82, 2.24) is 4.98 Å². The number of carbonyl (C=O) groups is 3. The molecule has 3 aromatic rings. The fourth-order valence-corrected chi connectivity index (χ4v) is 5.22. The van der Waals surface area contributed by atoms with Gasteiger partial charge in [0.25, 0.3) is 0 Å². The summed E-state index contributed by atoms with van der Waals surface area (Å²) in [5, 5.41) is 2.18. The second-order valence-corrected chi connectivity index (χ2v) is 8.53. The maximum absolute atomic E-state index is 12.8. The number of benzene rings is 2. The van der Waals surface area contributed by atoms with E-state index >= 15 is 0 Å². The van der Waals surface area contributed by atoms with E-state index in [0.717, 1.165) is 14.6 Å². The number of aromatic nitrogens is 1. The zero-order valence-electron chi connectivity index (χ0n) is 14.3. The molecule has 0 bridgehead atoms. The molecular weight excluding hydrogens is 382 g/mol. The van der Waals surface area contributed by atoms with Gasteiger partial charge in [0.15, 0.2) is 4.34 Å². The number of thiazole rings is 1. The van der Waals surface area contributed by atoms with Crippen molar-refractivity contribution in [2.24, 2.45) is 0 Å². The lowest BCUT2D eigenvalue weighted by Gasteiger charge is -2.15. The predicted molar refractivity (Wildman–Crippen MR) is 107 cm³/mol. The molecule has 0 unspecified atom stereocenters. The van der Waals surface area contributed by atoms with Crippen molar-refractivity contribution in [2.45, 2.75) is 22.9 Å². The Morgan fingerprint density at radius 1 is 1.19 bits per heavy atom. The van der Waals surface area contributed by atoms with Crippen LogP contribution < -0.4 is 10.2 Å². The fourth-order valence-electron chi connectivity index (χ4n) is 2.89. The summed E-state index contributed by atoms with van der Waals surface area (Å²) in [6.07, 6.45) is 0.146. The Labute approximate surface area is 163 Å². The lowest BCUT2D eigenvalue weighted by molar-refractivity contribution is -0.121. The first-order valence-electron chi connectivity index (χ1n) is 8.28. The third-order valence-electron chi connectivity index (χ3n) is 4.07. The van der Waals surface area contributed by atoms with E-state index in [9.17, 15) is 14.4 Å². The zero-order valence-corrected chi connectivity index (χ0v) is 16.0. The number of anilines is 2. The normalized spacial score (nSPS) is 16.9. The first-order valence-corrected chi connectivity index (χ1v) is 9.97. The number of nitrogens with zero attached hydrogens (tertiary/aromatic N) is 2. The monoisotopic (exact) mass is 397 g/mol. The van der Waals surface area contributed by atoms with Crippen LogP contribution in [0.4, 0.5) is 11.4 Å². The maximum Gasteiger partial charge on any atom is 0.247 e. The molecule has 6 nitrogen and oxygen atoms in total. The van der Waals surface area contributed by atoms with Gasteiger partial charge < -0.3 is 5.32 Å². The lowest BCUT2D eigenvalue weighted by Crippen LogP contribution is -2.31. The van der Waals surface area contributed by atoms with Gasteiger partial charge in [-0.15, -0.1) is 11.3 Å². The molecule has 1 atom stereocenters. The topological polar surface area (TPSA) is 79.4 Å². The van der Waals surface area contributed by atoms with Gasteiger partial charge in [0, 0.05) is 19.0 Å². The van der Waals surface area contributed by atoms with E-state index in [1.807, 2.05) is 24.3 Å². The molecule has 0 radical (unpaired) electrons. The molecule has 3 amide bonds. The summed E-state index contributed by atoms with van der Waals surface area (Å²) in [6.45, 7) is 1.42. The average molecular weight is 397 g/mol. The van der Waals surface area contributed by atoms with Crippen LogP contribution in [-0.4, -0.2) is 28.0 Å². The van der Waals surface area contributed by atoms with Gasteiger partial charge in [-0.05, 0) is 36.4 Å². The summed E-state index contributed by atoms with van der Waals surface area (Å²) in [7, 11) is 0. The van der Waals surface area contributed by atoms with Crippen molar-refractivity contribution in [1.29, 1.82) is 0 Å². The molecular formula is C19H15N3O3S2. The van der Waals surface area contributed by atoms with Crippen LogP contribution in [0.3, 0.4) is 0 Å². The highest BCUT2D eigenvalue weighted by Crippen LogP contribution is 2.37. The van der Waals surface area contributed by atoms with Gasteiger partial charge in [-0.3, -0.25) is 14.4 Å². The molecule has 1 N–H and O–H groups in total. The second-order valence-electron chi connectivity index (χ2n) is 6.05. The number of hydrogen-bond acceptors (Lipinski definition) is 6. The number of para-hydroxylation sites is 1. The minimum Gasteiger partial charge on any atom is -0.326 e. The van der Waals surface area contributed by atoms with Gasteiger partial charge in [-0.1, -0.05) is 23.9 Å². The van der Waals surface area contributed by atoms with Gasteiger partial charge in [0.05, 0.1) is 15.9 Å². The van der Waals surface area contributed by atoms with E-state index in [0.29, 0.717) is 11.4 Å². The number of carbonyl (C=O) groups excluding carboxylic acids is 3. The second kappa shape index (κ2) is 7.13. The summed E-state index contributed by atoms with van der Waals surface area (Å²) in [5.41, 5.74) is 2.02. The number of imide groups is 1. The summed E-state index contributed by atoms with van der Waals surface area (Å²) in [5.74, 6) is -0.647. The summed E-state index contributed by atoms with van der Waals surface area (Å²) >= 11 is 2.86. The Hall–Kier alpha value is -2.71. The third kappa shape index (κ3) is 3.58. The Morgan fingerprint density at radius 2 is 1.93 bits per heavy atom. The summed E-state index contributed by atoms with van der Waals surface area (Å²) < 4.78 is 1.84. The molecule has 1 fully saturated rings. The fraction of sp³-hybridized carbons (Fsp3) is 0.158. The van der Waals surface area contributed by atoms with Gasteiger partial charge >= 0.3 is 0 Å². The van der Waals surface area contributed by atoms with Crippen molar-refractivity contribution in [3.63, 3.8) is 0 Å². The molecule has 1 aliphatic heterocycles. The number of fused-ring (bicyclic) bond motifs is 1. The quantitative estimate of drug-likeness (QED) is 0.680. The van der Waals surface area contributed by atoms with E-state index in [1.165, 1.54) is 34.9 Å². The third-order valence-corrected chi connectivity index (χ3v) is 6.38. The highest BCUT2D eigenvalue weighted by Gasteiger charge is 2.40. The molecule has 1 aliphatic rings. The first-order chi connectivity index (χ1) is 13.0. The minimum atomic E-state index is -0.479. The minimum absolute atomic E-state index is 0.146. The highest BCUT2D eigenvalue weighted by atomic mass is 32.2. The van der Waals surface area contributed by atoms with Gasteiger partial charge in [0.2, 0.25) is 17.7 Å². The summed E-state index contributed by atoms with van der Waals surface area (Å²) in [4.78, 5) is 42.1. The molecule has 2 aromatic carbocycles. The molecule has 27 heavy (non-hydrogen) atoms. The molecule has 0 spiro atoms. The maximum atomic E-state index is 12.8. The Morgan fingerprint density at radius 3 is 2.63 bits per heavy atom. The van der Waals surface area contributed by atoms with Crippen molar-refractivity contribution in [2.75, 3.05) is 10.2 Å². The Balaban J connectivity index is 1.52. The van der Waals surface area contributed by atoms with Crippen LogP contribution >= 0.6 is 23.1 Å². The van der Waals surface area contributed by atoms with Gasteiger partial charge in [0.1, 0.15) is 5.25 Å². The van der Waals surface area contributed by atoms with Crippen LogP contribution in [0.5, 0.6) is 0 Å². The standard InChI is InChI=1S/C19H15N3O3S2/c1-11(23)20-12-6-8-13(9-7-12)22-17(24)10-16(18(22)25)27-19-21-14-4-2-3-5-15(14)26-19/h2-9,16H,10H2,1H3,(H,20,23)/t16-/m0/s1. The number of nitrogens with one attached hydrogen (secondary N) is 1. The largest absolute Gasteiger partial charge is 0.326 e. The molecule has 1 aromatic heterocycles. The number of rotatable bonds is 4. The number of amides is 3. The van der Waals surface area contributed by atoms with E-state index < -0.39 is 5.25 Å². The van der Waals surface area contributed by atoms with Crippen LogP contribution in [0.1, 0.15) is 13.3 Å². The van der Waals surface area contributed by atoms with E-state index in [1.54, 1.807) is 24.3 Å². The van der Waals surface area contributed by atoms with Gasteiger partial charge in [-0.2, -0.15) is 0 Å². The van der Waals surface area contributed by atoms with Crippen molar-refractivity contribution >= 4 is 62.4 Å². The molecule has 1 saturated heterocycles.